The Labute approximate surface area is 326 Å². The molecule has 1 aliphatic rings. The Balaban J connectivity index is 0.000000540. The maximum Gasteiger partial charge on any atom is 0.416 e. The first-order valence-electron chi connectivity index (χ1n) is 17.6. The van der Waals surface area contributed by atoms with Gasteiger partial charge in [-0.25, -0.2) is 22.6 Å². The molecule has 2 aromatic heterocycles. The lowest BCUT2D eigenvalue weighted by Gasteiger charge is -2.30. The number of nitrogens with zero attached hydrogens (tertiary/aromatic N) is 6. The fourth-order valence-corrected chi connectivity index (χ4v) is 6.84. The minimum absolute atomic E-state index is 0.0757. The summed E-state index contributed by atoms with van der Waals surface area (Å²) in [5, 5.41) is 16.5. The van der Waals surface area contributed by atoms with E-state index in [2.05, 4.69) is 10.4 Å². The van der Waals surface area contributed by atoms with Gasteiger partial charge in [-0.3, -0.25) is 14.3 Å². The van der Waals surface area contributed by atoms with E-state index in [1.807, 2.05) is 27.2 Å². The lowest BCUT2D eigenvalue weighted by atomic mass is 9.92. The van der Waals surface area contributed by atoms with Crippen LogP contribution < -0.4 is 10.9 Å². The van der Waals surface area contributed by atoms with E-state index in [0.29, 0.717) is 47.1 Å². The van der Waals surface area contributed by atoms with Crippen molar-refractivity contribution in [3.8, 4) is 28.8 Å². The van der Waals surface area contributed by atoms with Crippen LogP contribution in [0.4, 0.5) is 13.2 Å². The number of ether oxygens (including phenoxy) is 1. The summed E-state index contributed by atoms with van der Waals surface area (Å²) >= 11 is 0. The standard InChI is InChI=1S/C33H34F3N7O4.C6H6O3S/c1-40-30(27-16-17-38-41(27)24-12-8-21(19-37)9-13-24)29(32(46)42(40)25-7-5-6-22(18-25)33(34,35)36)31(45)39-23-10-14-26(15-11-23)47-28(44)20-43(2,3)4;7-10(8,9)6-4-2-1-3-5-6/h5-9,12-13,16-18,23,26H,10-11,14-15,20H2,1-4H3;1-5H,(H,7,8,9). The van der Waals surface area contributed by atoms with Crippen molar-refractivity contribution in [3.63, 3.8) is 0 Å². The Hall–Kier alpha value is -6.03. The van der Waals surface area contributed by atoms with E-state index in [0.717, 1.165) is 16.8 Å². The number of nitriles is 1. The van der Waals surface area contributed by atoms with Crippen LogP contribution in [0.1, 0.15) is 47.2 Å². The molecule has 0 unspecified atom stereocenters. The van der Waals surface area contributed by atoms with Crippen molar-refractivity contribution in [2.45, 2.75) is 48.9 Å². The van der Waals surface area contributed by atoms with Crippen LogP contribution in [0.5, 0.6) is 0 Å². The molecule has 57 heavy (non-hydrogen) atoms. The summed E-state index contributed by atoms with van der Waals surface area (Å²) in [7, 11) is 2.91. The minimum atomic E-state index is -4.65. The number of alkyl halides is 3. The molecule has 1 aliphatic carbocycles. The van der Waals surface area contributed by atoms with Crippen LogP contribution in [-0.4, -0.2) is 88.3 Å². The lowest BCUT2D eigenvalue weighted by molar-refractivity contribution is -0.862. The van der Waals surface area contributed by atoms with Crippen LogP contribution >= 0.6 is 0 Å². The van der Waals surface area contributed by atoms with Gasteiger partial charge in [0.15, 0.2) is 6.54 Å². The topological polar surface area (TPSA) is 181 Å². The van der Waals surface area contributed by atoms with Crippen LogP contribution in [0, 0.1) is 11.3 Å². The maximum absolute atomic E-state index is 14.0. The molecule has 0 aliphatic heterocycles. The molecule has 0 spiro atoms. The molecule has 0 bridgehead atoms. The molecule has 3 aromatic carbocycles. The number of quaternary nitrogens is 1. The van der Waals surface area contributed by atoms with Crippen LogP contribution in [-0.2, 0) is 32.9 Å². The first kappa shape index (κ1) is 42.1. The highest BCUT2D eigenvalue weighted by atomic mass is 32.2. The minimum Gasteiger partial charge on any atom is -0.744 e. The van der Waals surface area contributed by atoms with Gasteiger partial charge in [-0.15, -0.1) is 0 Å². The van der Waals surface area contributed by atoms with Gasteiger partial charge >= 0.3 is 12.1 Å². The Bertz CT molecular complexity index is 2440. The summed E-state index contributed by atoms with van der Waals surface area (Å²) in [6, 6.07) is 21.3. The molecule has 0 radical (unpaired) electrons. The number of carbonyl (C=O) groups is 2. The first-order valence-corrected chi connectivity index (χ1v) is 19.0. The molecular weight excluding hydrogens is 768 g/mol. The number of amides is 1. The number of carbonyl (C=O) groups excluding carboxylic acids is 2. The normalized spacial score (nSPS) is 15.8. The fraction of sp³-hybridized carbons (Fsp3) is 0.308. The number of nitrogens with one attached hydrogen (secondary N) is 1. The number of likely N-dealkylation sites (N-methyl/N-ethyl adjacent to an activating group) is 1. The van der Waals surface area contributed by atoms with Crippen molar-refractivity contribution in [2.75, 3.05) is 27.7 Å². The van der Waals surface area contributed by atoms with Crippen molar-refractivity contribution in [1.29, 1.82) is 5.26 Å². The number of benzene rings is 3. The third kappa shape index (κ3) is 10.4. The molecule has 2 heterocycles. The zero-order valence-corrected chi connectivity index (χ0v) is 32.3. The molecule has 6 rings (SSSR count). The largest absolute Gasteiger partial charge is 0.744 e. The molecular formula is C39H40F3N7O7S. The molecule has 5 aromatic rings. The Morgan fingerprint density at radius 3 is 2.18 bits per heavy atom. The third-order valence-corrected chi connectivity index (χ3v) is 9.83. The number of hydrogen-bond donors (Lipinski definition) is 1. The number of hydrogen-bond acceptors (Lipinski definition) is 9. The second-order valence-electron chi connectivity index (χ2n) is 14.4. The van der Waals surface area contributed by atoms with E-state index in [4.69, 9.17) is 4.74 Å². The van der Waals surface area contributed by atoms with Crippen molar-refractivity contribution in [2.24, 2.45) is 7.05 Å². The predicted octanol–water partition coefficient (Wildman–Crippen LogP) is 4.80. The van der Waals surface area contributed by atoms with E-state index >= 15 is 0 Å². The van der Waals surface area contributed by atoms with Gasteiger partial charge in [0.05, 0.1) is 66.5 Å². The SMILES string of the molecule is Cn1c(-c2ccnn2-c2ccc(C#N)cc2)c(C(=O)NC2CCC(OC(=O)C[N+](C)(C)C)CC2)c(=O)n1-c1cccc(C(F)(F)F)c1.O=S(=O)([O-])c1ccccc1. The van der Waals surface area contributed by atoms with Crippen molar-refractivity contribution >= 4 is 22.0 Å². The molecule has 0 saturated heterocycles. The van der Waals surface area contributed by atoms with Crippen molar-refractivity contribution in [1.82, 2.24) is 24.5 Å². The summed E-state index contributed by atoms with van der Waals surface area (Å²) in [5.41, 5.74) is -0.680. The third-order valence-electron chi connectivity index (χ3n) is 8.98. The zero-order valence-electron chi connectivity index (χ0n) is 31.4. The Morgan fingerprint density at radius 1 is 0.965 bits per heavy atom. The Morgan fingerprint density at radius 2 is 1.61 bits per heavy atom. The first-order chi connectivity index (χ1) is 26.8. The van der Waals surface area contributed by atoms with Crippen LogP contribution in [0.15, 0.2) is 101 Å². The summed E-state index contributed by atoms with van der Waals surface area (Å²) < 4.78 is 81.6. The number of esters is 1. The molecule has 14 nitrogen and oxygen atoms in total. The smallest absolute Gasteiger partial charge is 0.416 e. The highest BCUT2D eigenvalue weighted by Gasteiger charge is 2.34. The van der Waals surface area contributed by atoms with Crippen LogP contribution in [0.3, 0.4) is 0 Å². The molecule has 1 N–H and O–H groups in total. The number of aromatic nitrogens is 4. The second kappa shape index (κ2) is 17.0. The maximum atomic E-state index is 14.0. The molecule has 300 valence electrons. The van der Waals surface area contributed by atoms with E-state index in [9.17, 15) is 45.8 Å². The van der Waals surface area contributed by atoms with Crippen molar-refractivity contribution < 1.29 is 45.0 Å². The second-order valence-corrected chi connectivity index (χ2v) is 15.7. The molecule has 1 amide bonds. The average molecular weight is 808 g/mol. The molecule has 1 saturated carbocycles. The van der Waals surface area contributed by atoms with E-state index in [1.165, 1.54) is 59.0 Å². The number of halogens is 3. The monoisotopic (exact) mass is 807 g/mol. The fourth-order valence-electron chi connectivity index (χ4n) is 6.35. The van der Waals surface area contributed by atoms with Gasteiger partial charge in [0.1, 0.15) is 27.5 Å². The van der Waals surface area contributed by atoms with E-state index < -0.39 is 33.3 Å². The van der Waals surface area contributed by atoms with Crippen LogP contribution in [0.2, 0.25) is 0 Å². The van der Waals surface area contributed by atoms with Gasteiger partial charge < -0.3 is 19.1 Å². The summed E-state index contributed by atoms with van der Waals surface area (Å²) in [6.45, 7) is 0.227. The highest BCUT2D eigenvalue weighted by molar-refractivity contribution is 7.85. The van der Waals surface area contributed by atoms with Gasteiger partial charge in [0, 0.05) is 13.1 Å². The van der Waals surface area contributed by atoms with Crippen molar-refractivity contribution in [3.05, 3.63) is 118 Å². The van der Waals surface area contributed by atoms with Crippen LogP contribution in [0.25, 0.3) is 22.8 Å². The van der Waals surface area contributed by atoms with Gasteiger partial charge in [0.2, 0.25) is 0 Å². The van der Waals surface area contributed by atoms with Gasteiger partial charge in [0.25, 0.3) is 11.5 Å². The van der Waals surface area contributed by atoms with Gasteiger partial charge in [-0.05, 0) is 86.3 Å². The highest BCUT2D eigenvalue weighted by Crippen LogP contribution is 2.32. The predicted molar refractivity (Wildman–Crippen MR) is 200 cm³/mol. The summed E-state index contributed by atoms with van der Waals surface area (Å²) in [4.78, 5) is 40.1. The Kier molecular flexibility index (Phi) is 12.6. The number of rotatable bonds is 9. The summed E-state index contributed by atoms with van der Waals surface area (Å²) in [6.07, 6.45) is -1.41. The quantitative estimate of drug-likeness (QED) is 0.124. The molecule has 0 atom stereocenters. The summed E-state index contributed by atoms with van der Waals surface area (Å²) in [5.74, 6) is -0.989. The molecule has 18 heteroatoms. The average Bonchev–Trinajstić information content (AvgIpc) is 3.73. The van der Waals surface area contributed by atoms with E-state index in [-0.39, 0.29) is 46.5 Å². The zero-order chi connectivity index (χ0) is 41.7. The molecule has 1 fully saturated rings. The van der Waals surface area contributed by atoms with E-state index in [1.54, 1.807) is 36.4 Å². The lowest BCUT2D eigenvalue weighted by Crippen LogP contribution is -2.43. The van der Waals surface area contributed by atoms with Gasteiger partial charge in [-0.1, -0.05) is 24.3 Å². The van der Waals surface area contributed by atoms with Gasteiger partial charge in [-0.2, -0.15) is 23.5 Å².